The summed E-state index contributed by atoms with van der Waals surface area (Å²) in [7, 11) is 3.97. The molecule has 2 heterocycles. The summed E-state index contributed by atoms with van der Waals surface area (Å²) in [5, 5.41) is 7.86. The topological polar surface area (TPSA) is 42.7 Å². The predicted octanol–water partition coefficient (Wildman–Crippen LogP) is 1.94. The maximum absolute atomic E-state index is 4.49. The van der Waals surface area contributed by atoms with Crippen LogP contribution >= 0.6 is 11.3 Å². The van der Waals surface area contributed by atoms with Crippen molar-refractivity contribution in [3.05, 3.63) is 34.0 Å². The molecule has 92 valence electrons. The molecule has 17 heavy (non-hydrogen) atoms. The van der Waals surface area contributed by atoms with E-state index in [-0.39, 0.29) is 0 Å². The zero-order valence-corrected chi connectivity index (χ0v) is 11.3. The average Bonchev–Trinajstić information content (AvgIpc) is 2.94. The molecule has 0 aliphatic heterocycles. The van der Waals surface area contributed by atoms with Crippen LogP contribution in [0.2, 0.25) is 0 Å². The van der Waals surface area contributed by atoms with Gasteiger partial charge in [-0.1, -0.05) is 6.92 Å². The van der Waals surface area contributed by atoms with Gasteiger partial charge in [0.1, 0.15) is 0 Å². The van der Waals surface area contributed by atoms with Crippen molar-refractivity contribution in [3.63, 3.8) is 0 Å². The van der Waals surface area contributed by atoms with E-state index in [2.05, 4.69) is 28.5 Å². The third kappa shape index (κ3) is 2.73. The van der Waals surface area contributed by atoms with Crippen LogP contribution < -0.4 is 5.32 Å². The Labute approximate surface area is 106 Å². The minimum atomic E-state index is 0.319. The lowest BCUT2D eigenvalue weighted by molar-refractivity contribution is 0.590. The number of thiazole rings is 1. The summed E-state index contributed by atoms with van der Waals surface area (Å²) in [5.41, 5.74) is 4.36. The maximum atomic E-state index is 4.49. The summed E-state index contributed by atoms with van der Waals surface area (Å²) < 4.78 is 1.89. The van der Waals surface area contributed by atoms with Gasteiger partial charge in [-0.25, -0.2) is 0 Å². The second kappa shape index (κ2) is 5.42. The van der Waals surface area contributed by atoms with Crippen molar-refractivity contribution in [1.29, 1.82) is 0 Å². The summed E-state index contributed by atoms with van der Waals surface area (Å²) in [6, 6.07) is 0.319. The van der Waals surface area contributed by atoms with Crippen LogP contribution in [0.5, 0.6) is 0 Å². The number of hydrogen-bond donors (Lipinski definition) is 1. The SMILES string of the molecule is CCc1nn(C)cc1C(Cc1cncs1)NC. The first-order valence-electron chi connectivity index (χ1n) is 5.81. The molecule has 0 saturated heterocycles. The summed E-state index contributed by atoms with van der Waals surface area (Å²) >= 11 is 1.70. The predicted molar refractivity (Wildman–Crippen MR) is 70.2 cm³/mol. The third-order valence-electron chi connectivity index (χ3n) is 2.89. The minimum absolute atomic E-state index is 0.319. The number of rotatable bonds is 5. The molecule has 2 rings (SSSR count). The Balaban J connectivity index is 2.22. The summed E-state index contributed by atoms with van der Waals surface area (Å²) in [4.78, 5) is 5.42. The van der Waals surface area contributed by atoms with Gasteiger partial charge in [0.2, 0.25) is 0 Å². The van der Waals surface area contributed by atoms with Crippen molar-refractivity contribution in [1.82, 2.24) is 20.1 Å². The first-order chi connectivity index (χ1) is 8.24. The van der Waals surface area contributed by atoms with Crippen LogP contribution in [-0.2, 0) is 19.9 Å². The highest BCUT2D eigenvalue weighted by Gasteiger charge is 2.17. The lowest BCUT2D eigenvalue weighted by Crippen LogP contribution is -2.19. The summed E-state index contributed by atoms with van der Waals surface area (Å²) in [6.07, 6.45) is 5.99. The molecule has 1 N–H and O–H groups in total. The van der Waals surface area contributed by atoms with Crippen LogP contribution in [-0.4, -0.2) is 21.8 Å². The number of aromatic nitrogens is 3. The van der Waals surface area contributed by atoms with Crippen LogP contribution in [0.4, 0.5) is 0 Å². The average molecular weight is 250 g/mol. The monoisotopic (exact) mass is 250 g/mol. The van der Waals surface area contributed by atoms with Crippen molar-refractivity contribution in [2.45, 2.75) is 25.8 Å². The van der Waals surface area contributed by atoms with E-state index in [0.717, 1.165) is 12.8 Å². The van der Waals surface area contributed by atoms with E-state index in [1.165, 1.54) is 16.1 Å². The molecule has 0 aromatic carbocycles. The maximum Gasteiger partial charge on any atom is 0.0794 e. The summed E-state index contributed by atoms with van der Waals surface area (Å²) in [6.45, 7) is 2.14. The highest BCUT2D eigenvalue weighted by atomic mass is 32.1. The number of hydrogen-bond acceptors (Lipinski definition) is 4. The number of likely N-dealkylation sites (N-methyl/N-ethyl adjacent to an activating group) is 1. The highest BCUT2D eigenvalue weighted by Crippen LogP contribution is 2.22. The van der Waals surface area contributed by atoms with Crippen LogP contribution in [0, 0.1) is 0 Å². The first kappa shape index (κ1) is 12.3. The lowest BCUT2D eigenvalue weighted by Gasteiger charge is -2.14. The van der Waals surface area contributed by atoms with Gasteiger partial charge in [0.05, 0.1) is 11.2 Å². The quantitative estimate of drug-likeness (QED) is 0.882. The molecule has 4 nitrogen and oxygen atoms in total. The minimum Gasteiger partial charge on any atom is -0.313 e. The van der Waals surface area contributed by atoms with Crippen LogP contribution in [0.1, 0.15) is 29.1 Å². The van der Waals surface area contributed by atoms with Crippen LogP contribution in [0.25, 0.3) is 0 Å². The molecule has 5 heteroatoms. The van der Waals surface area contributed by atoms with E-state index in [4.69, 9.17) is 0 Å². The zero-order chi connectivity index (χ0) is 12.3. The van der Waals surface area contributed by atoms with E-state index >= 15 is 0 Å². The molecule has 0 aliphatic carbocycles. The van der Waals surface area contributed by atoms with E-state index in [1.807, 2.05) is 30.5 Å². The van der Waals surface area contributed by atoms with Crippen molar-refractivity contribution >= 4 is 11.3 Å². The second-order valence-electron chi connectivity index (χ2n) is 4.07. The smallest absolute Gasteiger partial charge is 0.0794 e. The molecular weight excluding hydrogens is 232 g/mol. The van der Waals surface area contributed by atoms with Crippen molar-refractivity contribution in [3.8, 4) is 0 Å². The van der Waals surface area contributed by atoms with Gasteiger partial charge in [0, 0.05) is 42.3 Å². The number of nitrogens with zero attached hydrogens (tertiary/aromatic N) is 3. The molecule has 0 bridgehead atoms. The van der Waals surface area contributed by atoms with Crippen molar-refractivity contribution in [2.75, 3.05) is 7.05 Å². The fourth-order valence-electron chi connectivity index (χ4n) is 2.03. The molecule has 2 aromatic heterocycles. The highest BCUT2D eigenvalue weighted by molar-refractivity contribution is 7.09. The standard InChI is InChI=1S/C12H18N4S/c1-4-11-10(7-16(3)15-11)12(13-2)5-9-6-14-8-17-9/h6-8,12-13H,4-5H2,1-3H3. The molecule has 0 fully saturated rings. The number of aryl methyl sites for hydroxylation is 2. The van der Waals surface area contributed by atoms with Gasteiger partial charge in [-0.15, -0.1) is 11.3 Å². The normalized spacial score (nSPS) is 12.9. The molecule has 1 atom stereocenters. The van der Waals surface area contributed by atoms with Gasteiger partial charge in [0.25, 0.3) is 0 Å². The Morgan fingerprint density at radius 2 is 2.35 bits per heavy atom. The van der Waals surface area contributed by atoms with Gasteiger partial charge in [0.15, 0.2) is 0 Å². The van der Waals surface area contributed by atoms with Crippen molar-refractivity contribution in [2.24, 2.45) is 7.05 Å². The third-order valence-corrected chi connectivity index (χ3v) is 3.69. The fourth-order valence-corrected chi connectivity index (χ4v) is 2.67. The Bertz CT molecular complexity index is 461. The van der Waals surface area contributed by atoms with Gasteiger partial charge in [-0.05, 0) is 13.5 Å². The van der Waals surface area contributed by atoms with Gasteiger partial charge >= 0.3 is 0 Å². The largest absolute Gasteiger partial charge is 0.313 e. The Morgan fingerprint density at radius 1 is 1.53 bits per heavy atom. The molecule has 0 aliphatic rings. The van der Waals surface area contributed by atoms with Gasteiger partial charge < -0.3 is 5.32 Å². The molecule has 2 aromatic rings. The lowest BCUT2D eigenvalue weighted by atomic mass is 10.0. The molecule has 0 saturated carbocycles. The van der Waals surface area contributed by atoms with Crippen molar-refractivity contribution < 1.29 is 0 Å². The van der Waals surface area contributed by atoms with E-state index in [0.29, 0.717) is 6.04 Å². The molecule has 1 unspecified atom stereocenters. The Hall–Kier alpha value is -1.20. The van der Waals surface area contributed by atoms with Crippen LogP contribution in [0.3, 0.4) is 0 Å². The Kier molecular flexibility index (Phi) is 3.91. The summed E-state index contributed by atoms with van der Waals surface area (Å²) in [5.74, 6) is 0. The van der Waals surface area contributed by atoms with Gasteiger partial charge in [-0.3, -0.25) is 9.67 Å². The zero-order valence-electron chi connectivity index (χ0n) is 10.5. The molecule has 0 radical (unpaired) electrons. The molecule has 0 spiro atoms. The van der Waals surface area contributed by atoms with Crippen LogP contribution in [0.15, 0.2) is 17.9 Å². The fraction of sp³-hybridized carbons (Fsp3) is 0.500. The second-order valence-corrected chi connectivity index (χ2v) is 5.04. The van der Waals surface area contributed by atoms with Gasteiger partial charge in [-0.2, -0.15) is 5.10 Å². The Morgan fingerprint density at radius 3 is 2.94 bits per heavy atom. The molecular formula is C12H18N4S. The molecule has 0 amide bonds. The first-order valence-corrected chi connectivity index (χ1v) is 6.69. The van der Waals surface area contributed by atoms with E-state index in [1.54, 1.807) is 11.3 Å². The number of nitrogens with one attached hydrogen (secondary N) is 1. The van der Waals surface area contributed by atoms with E-state index < -0.39 is 0 Å². The van der Waals surface area contributed by atoms with E-state index in [9.17, 15) is 0 Å².